The van der Waals surface area contributed by atoms with Crippen molar-refractivity contribution in [2.75, 3.05) is 5.73 Å². The minimum Gasteiger partial charge on any atom is -0.399 e. The van der Waals surface area contributed by atoms with Crippen molar-refractivity contribution in [1.29, 1.82) is 5.26 Å². The average molecular weight is 230 g/mol. The molecule has 0 aliphatic carbocycles. The second-order valence-corrected chi connectivity index (χ2v) is 3.68. The number of nitrogens with two attached hydrogens (primary N) is 1. The Kier molecular flexibility index (Phi) is 2.76. The molecular weight excluding hydrogens is 222 g/mol. The first kappa shape index (κ1) is 10.5. The van der Waals surface area contributed by atoms with Gasteiger partial charge in [-0.1, -0.05) is 23.7 Å². The topological polar surface area (TPSA) is 62.7 Å². The van der Waals surface area contributed by atoms with Crippen LogP contribution >= 0.6 is 11.6 Å². The van der Waals surface area contributed by atoms with Gasteiger partial charge in [-0.2, -0.15) is 5.26 Å². The number of nitrogens with zero attached hydrogens (tertiary/aromatic N) is 2. The van der Waals surface area contributed by atoms with Gasteiger partial charge in [-0.25, -0.2) is 0 Å². The molecule has 0 bridgehead atoms. The van der Waals surface area contributed by atoms with Crippen molar-refractivity contribution in [1.82, 2.24) is 4.98 Å². The summed E-state index contributed by atoms with van der Waals surface area (Å²) in [6, 6.07) is 9.30. The Morgan fingerprint density at radius 2 is 1.88 bits per heavy atom. The molecule has 0 fully saturated rings. The maximum absolute atomic E-state index is 9.03. The van der Waals surface area contributed by atoms with Gasteiger partial charge < -0.3 is 5.73 Å². The molecule has 2 rings (SSSR count). The SMILES string of the molecule is N#Cc1c(Cl)cncc1-c1ccc(N)cc1. The van der Waals surface area contributed by atoms with Crippen LogP contribution in [0.5, 0.6) is 0 Å². The Balaban J connectivity index is 2.61. The number of benzene rings is 1. The highest BCUT2D eigenvalue weighted by atomic mass is 35.5. The lowest BCUT2D eigenvalue weighted by Gasteiger charge is -2.05. The summed E-state index contributed by atoms with van der Waals surface area (Å²) in [5.74, 6) is 0. The molecule has 0 unspecified atom stereocenters. The van der Waals surface area contributed by atoms with E-state index in [1.165, 1.54) is 6.20 Å². The number of halogens is 1. The van der Waals surface area contributed by atoms with Gasteiger partial charge in [-0.05, 0) is 17.7 Å². The zero-order valence-electron chi connectivity index (χ0n) is 8.31. The smallest absolute Gasteiger partial charge is 0.101 e. The minimum atomic E-state index is 0.358. The average Bonchev–Trinajstić information content (AvgIpc) is 2.30. The fourth-order valence-corrected chi connectivity index (χ4v) is 1.63. The van der Waals surface area contributed by atoms with Gasteiger partial charge in [0.2, 0.25) is 0 Å². The lowest BCUT2D eigenvalue weighted by molar-refractivity contribution is 1.31. The van der Waals surface area contributed by atoms with E-state index >= 15 is 0 Å². The van der Waals surface area contributed by atoms with Crippen molar-refractivity contribution in [2.24, 2.45) is 0 Å². The van der Waals surface area contributed by atoms with E-state index in [0.29, 0.717) is 16.3 Å². The van der Waals surface area contributed by atoms with E-state index in [2.05, 4.69) is 11.1 Å². The van der Waals surface area contributed by atoms with Crippen LogP contribution in [-0.2, 0) is 0 Å². The maximum Gasteiger partial charge on any atom is 0.101 e. The highest BCUT2D eigenvalue weighted by Gasteiger charge is 2.08. The van der Waals surface area contributed by atoms with Gasteiger partial charge in [0.15, 0.2) is 0 Å². The summed E-state index contributed by atoms with van der Waals surface area (Å²) in [4.78, 5) is 3.98. The predicted molar refractivity (Wildman–Crippen MR) is 63.8 cm³/mol. The largest absolute Gasteiger partial charge is 0.399 e. The first-order valence-electron chi connectivity index (χ1n) is 4.62. The summed E-state index contributed by atoms with van der Waals surface area (Å²) in [7, 11) is 0. The van der Waals surface area contributed by atoms with Crippen LogP contribution in [0.4, 0.5) is 5.69 Å². The van der Waals surface area contributed by atoms with Crippen LogP contribution in [0.25, 0.3) is 11.1 Å². The predicted octanol–water partition coefficient (Wildman–Crippen LogP) is 2.86. The molecule has 2 N–H and O–H groups in total. The molecule has 0 radical (unpaired) electrons. The fraction of sp³-hybridized carbons (Fsp3) is 0. The van der Waals surface area contributed by atoms with E-state index in [1.54, 1.807) is 18.3 Å². The van der Waals surface area contributed by atoms with Crippen LogP contribution in [0.1, 0.15) is 5.56 Å². The monoisotopic (exact) mass is 229 g/mol. The minimum absolute atomic E-state index is 0.358. The molecular formula is C12H8ClN3. The third-order valence-electron chi connectivity index (χ3n) is 2.23. The van der Waals surface area contributed by atoms with Crippen molar-refractivity contribution in [3.8, 4) is 17.2 Å². The zero-order chi connectivity index (χ0) is 11.5. The number of nitrogen functional groups attached to an aromatic ring is 1. The summed E-state index contributed by atoms with van der Waals surface area (Å²) >= 11 is 5.90. The molecule has 0 amide bonds. The molecule has 78 valence electrons. The third-order valence-corrected chi connectivity index (χ3v) is 2.52. The fourth-order valence-electron chi connectivity index (χ4n) is 1.43. The Bertz CT molecular complexity index is 555. The number of aromatic nitrogens is 1. The lowest BCUT2D eigenvalue weighted by atomic mass is 10.0. The van der Waals surface area contributed by atoms with E-state index in [9.17, 15) is 0 Å². The molecule has 0 saturated carbocycles. The summed E-state index contributed by atoms with van der Waals surface area (Å²) in [6.45, 7) is 0. The van der Waals surface area contributed by atoms with Gasteiger partial charge in [0.05, 0.1) is 10.6 Å². The number of hydrogen-bond acceptors (Lipinski definition) is 3. The highest BCUT2D eigenvalue weighted by Crippen LogP contribution is 2.27. The van der Waals surface area contributed by atoms with Crippen LogP contribution in [0.2, 0.25) is 5.02 Å². The van der Waals surface area contributed by atoms with Crippen molar-refractivity contribution < 1.29 is 0 Å². The van der Waals surface area contributed by atoms with E-state index in [-0.39, 0.29) is 0 Å². The van der Waals surface area contributed by atoms with Gasteiger partial charge in [0.1, 0.15) is 6.07 Å². The molecule has 4 heteroatoms. The lowest BCUT2D eigenvalue weighted by Crippen LogP contribution is -1.89. The molecule has 1 aromatic carbocycles. The maximum atomic E-state index is 9.03. The van der Waals surface area contributed by atoms with Crippen LogP contribution in [0.15, 0.2) is 36.7 Å². The van der Waals surface area contributed by atoms with Crippen LogP contribution in [0.3, 0.4) is 0 Å². The molecule has 1 heterocycles. The molecule has 2 aromatic rings. The Hall–Kier alpha value is -2.05. The van der Waals surface area contributed by atoms with Crippen LogP contribution in [-0.4, -0.2) is 4.98 Å². The third kappa shape index (κ3) is 1.83. The number of pyridine rings is 1. The normalized spacial score (nSPS) is 9.75. The second-order valence-electron chi connectivity index (χ2n) is 3.28. The molecule has 16 heavy (non-hydrogen) atoms. The highest BCUT2D eigenvalue weighted by molar-refractivity contribution is 6.32. The first-order chi connectivity index (χ1) is 7.72. The standard InChI is InChI=1S/C12H8ClN3/c13-12-7-16-6-11(10(12)5-14)8-1-3-9(15)4-2-8/h1-4,6-7H,15H2. The number of rotatable bonds is 1. The number of hydrogen-bond donors (Lipinski definition) is 1. The Morgan fingerprint density at radius 1 is 1.19 bits per heavy atom. The number of nitriles is 1. The zero-order valence-corrected chi connectivity index (χ0v) is 9.07. The molecule has 0 aliphatic rings. The summed E-state index contributed by atoms with van der Waals surface area (Å²) in [6.07, 6.45) is 3.08. The van der Waals surface area contributed by atoms with Gasteiger partial charge in [0.25, 0.3) is 0 Å². The van der Waals surface area contributed by atoms with Crippen LogP contribution in [0, 0.1) is 11.3 Å². The second kappa shape index (κ2) is 4.21. The van der Waals surface area contributed by atoms with Crippen molar-refractivity contribution in [2.45, 2.75) is 0 Å². The molecule has 0 aliphatic heterocycles. The molecule has 0 spiro atoms. The number of anilines is 1. The van der Waals surface area contributed by atoms with Crippen molar-refractivity contribution in [3.63, 3.8) is 0 Å². The van der Waals surface area contributed by atoms with Gasteiger partial charge >= 0.3 is 0 Å². The molecule has 0 atom stereocenters. The molecule has 1 aromatic heterocycles. The van der Waals surface area contributed by atoms with Crippen LogP contribution < -0.4 is 5.73 Å². The Morgan fingerprint density at radius 3 is 2.50 bits per heavy atom. The van der Waals surface area contributed by atoms with Crippen molar-refractivity contribution in [3.05, 3.63) is 47.2 Å². The van der Waals surface area contributed by atoms with E-state index < -0.39 is 0 Å². The quantitative estimate of drug-likeness (QED) is 0.765. The molecule has 0 saturated heterocycles. The summed E-state index contributed by atoms with van der Waals surface area (Å²) < 4.78 is 0. The summed E-state index contributed by atoms with van der Waals surface area (Å²) in [5.41, 5.74) is 8.30. The van der Waals surface area contributed by atoms with Crippen molar-refractivity contribution >= 4 is 17.3 Å². The Labute approximate surface area is 98.1 Å². The van der Waals surface area contributed by atoms with E-state index in [0.717, 1.165) is 11.1 Å². The van der Waals surface area contributed by atoms with Gasteiger partial charge in [-0.3, -0.25) is 4.98 Å². The summed E-state index contributed by atoms with van der Waals surface area (Å²) in [5, 5.41) is 9.39. The van der Waals surface area contributed by atoms with E-state index in [1.807, 2.05) is 12.1 Å². The van der Waals surface area contributed by atoms with Gasteiger partial charge in [0, 0.05) is 23.6 Å². The first-order valence-corrected chi connectivity index (χ1v) is 4.99. The molecule has 3 nitrogen and oxygen atoms in total. The van der Waals surface area contributed by atoms with E-state index in [4.69, 9.17) is 22.6 Å². The van der Waals surface area contributed by atoms with Gasteiger partial charge in [-0.15, -0.1) is 0 Å².